The highest BCUT2D eigenvalue weighted by atomic mass is 16.7. The van der Waals surface area contributed by atoms with Gasteiger partial charge in [-0.25, -0.2) is 0 Å². The fourth-order valence-corrected chi connectivity index (χ4v) is 7.22. The molecule has 1 aliphatic heterocycles. The minimum atomic E-state index is -1.61. The number of carbonyl (C=O) groups is 2. The Balaban J connectivity index is 2.29. The van der Waals surface area contributed by atoms with Crippen molar-refractivity contribution in [2.24, 2.45) is 0 Å². The molecule has 1 heterocycles. The number of unbranched alkanes of at least 4 members (excludes halogenated alkanes) is 21. The monoisotopic (exact) mass is 887 g/mol. The van der Waals surface area contributed by atoms with Crippen molar-refractivity contribution in [3.05, 3.63) is 72.9 Å². The summed E-state index contributed by atoms with van der Waals surface area (Å²) in [6.07, 6.45) is 47.8. The molecule has 10 nitrogen and oxygen atoms in total. The Kier molecular flexibility index (Phi) is 39.7. The Morgan fingerprint density at radius 1 is 0.508 bits per heavy atom. The largest absolute Gasteiger partial charge is 0.462 e. The highest BCUT2D eigenvalue weighted by Gasteiger charge is 2.44. The fourth-order valence-electron chi connectivity index (χ4n) is 7.22. The molecule has 10 heteroatoms. The summed E-state index contributed by atoms with van der Waals surface area (Å²) in [4.78, 5) is 25.4. The molecule has 0 radical (unpaired) electrons. The maximum atomic E-state index is 12.8. The van der Waals surface area contributed by atoms with Gasteiger partial charge in [-0.3, -0.25) is 9.59 Å². The first kappa shape index (κ1) is 58.2. The maximum Gasteiger partial charge on any atom is 0.306 e. The minimum Gasteiger partial charge on any atom is -0.462 e. The molecule has 362 valence electrons. The third-order valence-corrected chi connectivity index (χ3v) is 11.1. The molecule has 6 atom stereocenters. The summed E-state index contributed by atoms with van der Waals surface area (Å²) in [5.74, 6) is -0.886. The molecule has 1 saturated heterocycles. The van der Waals surface area contributed by atoms with Gasteiger partial charge in [0.15, 0.2) is 12.4 Å². The van der Waals surface area contributed by atoms with E-state index in [4.69, 9.17) is 18.9 Å². The number of rotatable bonds is 41. The highest BCUT2D eigenvalue weighted by Crippen LogP contribution is 2.23. The van der Waals surface area contributed by atoms with Crippen LogP contribution in [0.3, 0.4) is 0 Å². The molecule has 0 aromatic heterocycles. The van der Waals surface area contributed by atoms with Crippen LogP contribution in [0.2, 0.25) is 0 Å². The van der Waals surface area contributed by atoms with Gasteiger partial charge in [0.1, 0.15) is 31.0 Å². The molecule has 4 N–H and O–H groups in total. The first-order valence-electron chi connectivity index (χ1n) is 25.1. The van der Waals surface area contributed by atoms with Crippen LogP contribution in [0.1, 0.15) is 194 Å². The average molecular weight is 887 g/mol. The van der Waals surface area contributed by atoms with Gasteiger partial charge in [-0.2, -0.15) is 0 Å². The molecule has 0 spiro atoms. The Bertz CT molecular complexity index is 1250. The second-order valence-electron chi connectivity index (χ2n) is 17.0. The van der Waals surface area contributed by atoms with Gasteiger partial charge in [0.2, 0.25) is 0 Å². The lowest BCUT2D eigenvalue weighted by molar-refractivity contribution is -0.305. The SMILES string of the molecule is CC/C=C/C=C/C=C/C=C/CCCCCCCC(=O)O[C@@H](COC(=O)CCC/C=C/CC/C=C/CCCCCCCCCCCCCCCC)CO[C@H]1O[C@@H](CO)[C@@H](O)C(O)C1O. The van der Waals surface area contributed by atoms with Crippen LogP contribution in [0.15, 0.2) is 72.9 Å². The normalized spacial score (nSPS) is 20.1. The number of hydrogen-bond acceptors (Lipinski definition) is 10. The van der Waals surface area contributed by atoms with E-state index in [-0.39, 0.29) is 26.1 Å². The lowest BCUT2D eigenvalue weighted by atomic mass is 9.99. The molecule has 0 aromatic carbocycles. The van der Waals surface area contributed by atoms with Crippen LogP contribution in [0, 0.1) is 0 Å². The van der Waals surface area contributed by atoms with E-state index in [1.807, 2.05) is 30.4 Å². The molecule has 0 amide bonds. The Hall–Kier alpha value is -2.86. The first-order valence-corrected chi connectivity index (χ1v) is 25.1. The van der Waals surface area contributed by atoms with E-state index < -0.39 is 55.4 Å². The van der Waals surface area contributed by atoms with Crippen LogP contribution < -0.4 is 0 Å². The standard InChI is InChI=1S/C53H90O10/c1-3-5-7-9-11-13-15-17-19-20-21-22-23-24-25-26-28-29-31-33-35-37-39-41-48(55)60-44-46(45-61-53-52(59)51(58)50(57)47(43-54)63-53)62-49(56)42-40-38-36-34-32-30-27-18-16-14-12-10-8-6-4-2/h6,8,10,12,14,16,18,26-28,33,35,46-47,50-54,57-59H,3-5,7,9,11,13,15,17,19-25,29-32,34,36-45H2,1-2H3/b8-6+,12-10+,16-14+,27-18+,28-26+,35-33+/t46-,47-,50+,51?,52?,53-/m0/s1. The van der Waals surface area contributed by atoms with E-state index in [9.17, 15) is 30.0 Å². The summed E-state index contributed by atoms with van der Waals surface area (Å²) >= 11 is 0. The molecular weight excluding hydrogens is 797 g/mol. The Labute approximate surface area is 383 Å². The van der Waals surface area contributed by atoms with Crippen molar-refractivity contribution in [1.82, 2.24) is 0 Å². The molecule has 63 heavy (non-hydrogen) atoms. The molecule has 1 rings (SSSR count). The van der Waals surface area contributed by atoms with Gasteiger partial charge in [-0.15, -0.1) is 0 Å². The van der Waals surface area contributed by atoms with Crippen LogP contribution in [0.25, 0.3) is 0 Å². The second kappa shape index (κ2) is 43.1. The zero-order chi connectivity index (χ0) is 45.9. The van der Waals surface area contributed by atoms with Crippen molar-refractivity contribution < 1.29 is 49.0 Å². The van der Waals surface area contributed by atoms with E-state index >= 15 is 0 Å². The van der Waals surface area contributed by atoms with Gasteiger partial charge in [0.25, 0.3) is 0 Å². The summed E-state index contributed by atoms with van der Waals surface area (Å²) in [7, 11) is 0. The van der Waals surface area contributed by atoms with Crippen LogP contribution in [-0.2, 0) is 28.5 Å². The van der Waals surface area contributed by atoms with Gasteiger partial charge in [-0.1, -0.05) is 189 Å². The Morgan fingerprint density at radius 3 is 1.56 bits per heavy atom. The lowest BCUT2D eigenvalue weighted by Gasteiger charge is -2.39. The number of aliphatic hydroxyl groups is 4. The van der Waals surface area contributed by atoms with E-state index in [2.05, 4.69) is 56.4 Å². The van der Waals surface area contributed by atoms with Crippen molar-refractivity contribution in [3.8, 4) is 0 Å². The van der Waals surface area contributed by atoms with Crippen LogP contribution in [0.5, 0.6) is 0 Å². The molecule has 0 aromatic rings. The summed E-state index contributed by atoms with van der Waals surface area (Å²) in [6, 6.07) is 0. The van der Waals surface area contributed by atoms with Gasteiger partial charge in [0.05, 0.1) is 13.2 Å². The van der Waals surface area contributed by atoms with Crippen molar-refractivity contribution in [3.63, 3.8) is 0 Å². The summed E-state index contributed by atoms with van der Waals surface area (Å²) in [5.41, 5.74) is 0. The van der Waals surface area contributed by atoms with E-state index in [1.165, 1.54) is 89.9 Å². The van der Waals surface area contributed by atoms with Crippen LogP contribution in [0.4, 0.5) is 0 Å². The zero-order valence-electron chi connectivity index (χ0n) is 39.6. The highest BCUT2D eigenvalue weighted by molar-refractivity contribution is 5.70. The lowest BCUT2D eigenvalue weighted by Crippen LogP contribution is -2.59. The zero-order valence-corrected chi connectivity index (χ0v) is 39.6. The number of allylic oxidation sites excluding steroid dienone is 12. The molecular formula is C53H90O10. The number of esters is 2. The third-order valence-electron chi connectivity index (χ3n) is 11.1. The molecule has 1 aliphatic rings. The van der Waals surface area contributed by atoms with Gasteiger partial charge in [-0.05, 0) is 64.2 Å². The van der Waals surface area contributed by atoms with E-state index in [0.29, 0.717) is 12.8 Å². The van der Waals surface area contributed by atoms with Crippen molar-refractivity contribution in [2.75, 3.05) is 19.8 Å². The van der Waals surface area contributed by atoms with Gasteiger partial charge >= 0.3 is 11.9 Å². The van der Waals surface area contributed by atoms with Gasteiger partial charge < -0.3 is 39.4 Å². The number of carbonyl (C=O) groups excluding carboxylic acids is 2. The number of hydrogen-bond donors (Lipinski definition) is 4. The topological polar surface area (TPSA) is 152 Å². The predicted octanol–water partition coefficient (Wildman–Crippen LogP) is 11.6. The molecule has 0 aliphatic carbocycles. The third kappa shape index (κ3) is 34.2. The van der Waals surface area contributed by atoms with Crippen molar-refractivity contribution >= 4 is 11.9 Å². The van der Waals surface area contributed by atoms with E-state index in [0.717, 1.165) is 64.2 Å². The van der Waals surface area contributed by atoms with Crippen LogP contribution >= 0.6 is 0 Å². The summed E-state index contributed by atoms with van der Waals surface area (Å²) in [5, 5.41) is 40.1. The quantitative estimate of drug-likeness (QED) is 0.0202. The smallest absolute Gasteiger partial charge is 0.306 e. The first-order chi connectivity index (χ1) is 30.8. The maximum absolute atomic E-state index is 12.8. The predicted molar refractivity (Wildman–Crippen MR) is 256 cm³/mol. The van der Waals surface area contributed by atoms with Gasteiger partial charge in [0, 0.05) is 12.8 Å². The molecule has 0 bridgehead atoms. The number of ether oxygens (including phenoxy) is 4. The molecule has 1 fully saturated rings. The fraction of sp³-hybridized carbons (Fsp3) is 0.736. The number of aliphatic hydroxyl groups excluding tert-OH is 4. The van der Waals surface area contributed by atoms with Crippen molar-refractivity contribution in [2.45, 2.75) is 230 Å². The minimum absolute atomic E-state index is 0.192. The van der Waals surface area contributed by atoms with Crippen molar-refractivity contribution in [1.29, 1.82) is 0 Å². The Morgan fingerprint density at radius 2 is 0.984 bits per heavy atom. The molecule has 0 saturated carbocycles. The summed E-state index contributed by atoms with van der Waals surface area (Å²) in [6.45, 7) is 3.23. The van der Waals surface area contributed by atoms with Crippen LogP contribution in [-0.4, -0.2) is 89.0 Å². The summed E-state index contributed by atoms with van der Waals surface area (Å²) < 4.78 is 22.1. The molecule has 2 unspecified atom stereocenters. The average Bonchev–Trinajstić information content (AvgIpc) is 3.28. The second-order valence-corrected chi connectivity index (χ2v) is 17.0. The van der Waals surface area contributed by atoms with E-state index in [1.54, 1.807) is 0 Å².